The zero-order valence-corrected chi connectivity index (χ0v) is 13.3. The number of halogens is 4. The molecule has 0 aliphatic carbocycles. The van der Waals surface area contributed by atoms with Crippen LogP contribution in [0.2, 0.25) is 15.1 Å². The van der Waals surface area contributed by atoms with E-state index in [2.05, 4.69) is 47.7 Å². The highest BCUT2D eigenvalue weighted by Crippen LogP contribution is 2.36. The van der Waals surface area contributed by atoms with Crippen LogP contribution in [0, 0.1) is 10.5 Å². The zero-order chi connectivity index (χ0) is 12.6. The van der Waals surface area contributed by atoms with Gasteiger partial charge in [0.25, 0.3) is 0 Å². The Morgan fingerprint density at radius 2 is 1.47 bits per heavy atom. The first-order valence-electron chi connectivity index (χ1n) is 4.89. The summed E-state index contributed by atoms with van der Waals surface area (Å²) in [6.45, 7) is 2.05. The van der Waals surface area contributed by atoms with Gasteiger partial charge in [-0.3, -0.25) is 0 Å². The summed E-state index contributed by atoms with van der Waals surface area (Å²) in [5, 5.41) is 1.60. The van der Waals surface area contributed by atoms with E-state index in [1.54, 1.807) is 12.1 Å². The molecule has 0 aromatic heterocycles. The van der Waals surface area contributed by atoms with E-state index >= 15 is 0 Å². The normalized spacial score (nSPS) is 10.6. The Morgan fingerprint density at radius 3 is 2.12 bits per heavy atom. The topological polar surface area (TPSA) is 0 Å². The van der Waals surface area contributed by atoms with E-state index in [9.17, 15) is 0 Å². The van der Waals surface area contributed by atoms with Crippen LogP contribution in [0.15, 0.2) is 30.3 Å². The second kappa shape index (κ2) is 5.35. The van der Waals surface area contributed by atoms with Gasteiger partial charge in [-0.15, -0.1) is 0 Å². The Morgan fingerprint density at radius 1 is 0.824 bits per heavy atom. The van der Waals surface area contributed by atoms with E-state index in [4.69, 9.17) is 34.8 Å². The molecule has 0 amide bonds. The maximum atomic E-state index is 6.20. The molecule has 0 spiro atoms. The molecule has 88 valence electrons. The van der Waals surface area contributed by atoms with E-state index in [1.165, 1.54) is 9.13 Å². The van der Waals surface area contributed by atoms with Crippen molar-refractivity contribution in [3.63, 3.8) is 0 Å². The quantitative estimate of drug-likeness (QED) is 0.395. The van der Waals surface area contributed by atoms with Gasteiger partial charge >= 0.3 is 0 Å². The molecule has 2 rings (SSSR count). The molecule has 0 radical (unpaired) electrons. The van der Waals surface area contributed by atoms with Gasteiger partial charge in [0.2, 0.25) is 0 Å². The van der Waals surface area contributed by atoms with Crippen molar-refractivity contribution in [2.75, 3.05) is 0 Å². The Kier molecular flexibility index (Phi) is 4.24. The van der Waals surface area contributed by atoms with Gasteiger partial charge < -0.3 is 0 Å². The Labute approximate surface area is 129 Å². The first-order valence-corrected chi connectivity index (χ1v) is 7.11. The lowest BCUT2D eigenvalue weighted by Crippen LogP contribution is -1.84. The first kappa shape index (κ1) is 13.5. The molecule has 2 aromatic rings. The number of hydrogen-bond donors (Lipinski definition) is 0. The molecule has 0 bridgehead atoms. The Bertz CT molecular complexity index is 559. The second-order valence-electron chi connectivity index (χ2n) is 3.76. The summed E-state index contributed by atoms with van der Waals surface area (Å²) in [6.07, 6.45) is 0. The predicted octanol–water partition coefficient (Wildman–Crippen LogP) is 6.23. The van der Waals surface area contributed by atoms with Crippen LogP contribution in [0.5, 0.6) is 0 Å². The summed E-state index contributed by atoms with van der Waals surface area (Å²) in [6, 6.07) is 9.73. The average Bonchev–Trinajstić information content (AvgIpc) is 2.22. The minimum Gasteiger partial charge on any atom is -0.0836 e. The third-order valence-corrected chi connectivity index (χ3v) is 4.02. The standard InChI is InChI=1S/C13H8Cl3I/c1-7-2-8(4-9(17)3-7)10-5-12(15)13(16)6-11(10)14/h2-6H,1H3. The van der Waals surface area contributed by atoms with E-state index in [0.29, 0.717) is 15.1 Å². The van der Waals surface area contributed by atoms with Crippen molar-refractivity contribution < 1.29 is 0 Å². The highest BCUT2D eigenvalue weighted by molar-refractivity contribution is 14.1. The lowest BCUT2D eigenvalue weighted by Gasteiger charge is -2.08. The summed E-state index contributed by atoms with van der Waals surface area (Å²) in [5.41, 5.74) is 3.15. The maximum absolute atomic E-state index is 6.20. The minimum absolute atomic E-state index is 0.475. The zero-order valence-electron chi connectivity index (χ0n) is 8.90. The molecule has 2 aromatic carbocycles. The lowest BCUT2D eigenvalue weighted by atomic mass is 10.0. The van der Waals surface area contributed by atoms with Crippen LogP contribution in [0.25, 0.3) is 11.1 Å². The monoisotopic (exact) mass is 396 g/mol. The molecule has 0 fully saturated rings. The minimum atomic E-state index is 0.475. The largest absolute Gasteiger partial charge is 0.0836 e. The Balaban J connectivity index is 2.64. The molecule has 0 atom stereocenters. The Hall–Kier alpha value is 0.0400. The van der Waals surface area contributed by atoms with Crippen LogP contribution in [-0.4, -0.2) is 0 Å². The van der Waals surface area contributed by atoms with E-state index in [-0.39, 0.29) is 0 Å². The van der Waals surface area contributed by atoms with Gasteiger partial charge in [-0.1, -0.05) is 40.9 Å². The van der Waals surface area contributed by atoms with Crippen molar-refractivity contribution in [3.8, 4) is 11.1 Å². The fraction of sp³-hybridized carbons (Fsp3) is 0.0769. The van der Waals surface area contributed by atoms with Gasteiger partial charge in [0.15, 0.2) is 0 Å². The van der Waals surface area contributed by atoms with Crippen LogP contribution >= 0.6 is 57.4 Å². The number of aryl methyl sites for hydroxylation is 1. The molecule has 0 unspecified atom stereocenters. The highest BCUT2D eigenvalue weighted by Gasteiger charge is 2.09. The fourth-order valence-electron chi connectivity index (χ4n) is 1.64. The van der Waals surface area contributed by atoms with Crippen molar-refractivity contribution in [2.24, 2.45) is 0 Å². The van der Waals surface area contributed by atoms with Crippen molar-refractivity contribution >= 4 is 57.4 Å². The van der Waals surface area contributed by atoms with E-state index < -0.39 is 0 Å². The van der Waals surface area contributed by atoms with Crippen LogP contribution < -0.4 is 0 Å². The van der Waals surface area contributed by atoms with Gasteiger partial charge in [0, 0.05) is 14.2 Å². The first-order chi connectivity index (χ1) is 7.97. The van der Waals surface area contributed by atoms with E-state index in [0.717, 1.165) is 11.1 Å². The van der Waals surface area contributed by atoms with Gasteiger partial charge in [-0.2, -0.15) is 0 Å². The summed E-state index contributed by atoms with van der Waals surface area (Å²) in [5.74, 6) is 0. The van der Waals surface area contributed by atoms with Crippen molar-refractivity contribution in [2.45, 2.75) is 6.92 Å². The average molecular weight is 397 g/mol. The number of hydrogen-bond acceptors (Lipinski definition) is 0. The molecule has 0 nitrogen and oxygen atoms in total. The van der Waals surface area contributed by atoms with Gasteiger partial charge in [0.1, 0.15) is 0 Å². The molecule has 0 aliphatic heterocycles. The van der Waals surface area contributed by atoms with Crippen LogP contribution in [0.4, 0.5) is 0 Å². The maximum Gasteiger partial charge on any atom is 0.0607 e. The van der Waals surface area contributed by atoms with Crippen molar-refractivity contribution in [1.29, 1.82) is 0 Å². The fourth-order valence-corrected chi connectivity index (χ4v) is 3.12. The molecule has 0 saturated heterocycles. The van der Waals surface area contributed by atoms with Gasteiger partial charge in [-0.05, 0) is 64.9 Å². The number of benzene rings is 2. The lowest BCUT2D eigenvalue weighted by molar-refractivity contribution is 1.44. The summed E-state index contributed by atoms with van der Waals surface area (Å²) in [4.78, 5) is 0. The van der Waals surface area contributed by atoms with Gasteiger partial charge in [-0.25, -0.2) is 0 Å². The van der Waals surface area contributed by atoms with Crippen molar-refractivity contribution in [1.82, 2.24) is 0 Å². The predicted molar refractivity (Wildman–Crippen MR) is 84.4 cm³/mol. The third kappa shape index (κ3) is 3.08. The van der Waals surface area contributed by atoms with Crippen LogP contribution in [-0.2, 0) is 0 Å². The molecule has 0 heterocycles. The second-order valence-corrected chi connectivity index (χ2v) is 6.23. The summed E-state index contributed by atoms with van der Waals surface area (Å²) >= 11 is 20.4. The molecule has 17 heavy (non-hydrogen) atoms. The third-order valence-electron chi connectivity index (χ3n) is 2.36. The molecule has 4 heteroatoms. The van der Waals surface area contributed by atoms with Crippen LogP contribution in [0.1, 0.15) is 5.56 Å². The molecule has 0 saturated carbocycles. The highest BCUT2D eigenvalue weighted by atomic mass is 127. The molecule has 0 aliphatic rings. The molecular formula is C13H8Cl3I. The van der Waals surface area contributed by atoms with E-state index in [1.807, 2.05) is 0 Å². The summed E-state index contributed by atoms with van der Waals surface area (Å²) < 4.78 is 1.17. The summed E-state index contributed by atoms with van der Waals surface area (Å²) in [7, 11) is 0. The SMILES string of the molecule is Cc1cc(I)cc(-c2cc(Cl)c(Cl)cc2Cl)c1. The van der Waals surface area contributed by atoms with Crippen LogP contribution in [0.3, 0.4) is 0 Å². The van der Waals surface area contributed by atoms with Gasteiger partial charge in [0.05, 0.1) is 10.0 Å². The molecule has 0 N–H and O–H groups in total. The van der Waals surface area contributed by atoms with Crippen molar-refractivity contribution in [3.05, 3.63) is 54.5 Å². The number of rotatable bonds is 1. The smallest absolute Gasteiger partial charge is 0.0607 e. The molecular weight excluding hydrogens is 389 g/mol.